The van der Waals surface area contributed by atoms with Crippen molar-refractivity contribution in [2.75, 3.05) is 0 Å². The highest BCUT2D eigenvalue weighted by molar-refractivity contribution is 5.56. The minimum atomic E-state index is 0.665. The molecule has 0 saturated carbocycles. The summed E-state index contributed by atoms with van der Waals surface area (Å²) in [6.45, 7) is 12.9. The van der Waals surface area contributed by atoms with Crippen molar-refractivity contribution >= 4 is 6.08 Å². The molecule has 0 heteroatoms. The van der Waals surface area contributed by atoms with Gasteiger partial charge >= 0.3 is 0 Å². The number of hydrogen-bond donors (Lipinski definition) is 0. The third-order valence-electron chi connectivity index (χ3n) is 3.37. The van der Waals surface area contributed by atoms with Crippen LogP contribution in [0.5, 0.6) is 0 Å². The van der Waals surface area contributed by atoms with Crippen molar-refractivity contribution in [3.05, 3.63) is 41.0 Å². The average Bonchev–Trinajstić information content (AvgIpc) is 2.28. The normalized spacial score (nSPS) is 12.5. The van der Waals surface area contributed by atoms with Gasteiger partial charge in [0.25, 0.3) is 0 Å². The average molecular weight is 216 g/mol. The summed E-state index contributed by atoms with van der Waals surface area (Å²) < 4.78 is 0. The summed E-state index contributed by atoms with van der Waals surface area (Å²) >= 11 is 0. The summed E-state index contributed by atoms with van der Waals surface area (Å²) in [6, 6.07) is 4.56. The van der Waals surface area contributed by atoms with Crippen LogP contribution < -0.4 is 0 Å². The molecule has 0 aliphatic heterocycles. The Kier molecular flexibility index (Phi) is 4.79. The van der Waals surface area contributed by atoms with Crippen LogP contribution in [0.4, 0.5) is 0 Å². The number of unbranched alkanes of at least 4 members (excludes halogenated alkanes) is 1. The van der Waals surface area contributed by atoms with Gasteiger partial charge in [0.15, 0.2) is 0 Å². The fourth-order valence-corrected chi connectivity index (χ4v) is 2.31. The minimum Gasteiger partial charge on any atom is -0.0985 e. The Labute approximate surface area is 100 Å². The first-order chi connectivity index (χ1) is 7.60. The van der Waals surface area contributed by atoms with Gasteiger partial charge in [0.1, 0.15) is 0 Å². The van der Waals surface area contributed by atoms with Crippen LogP contribution in [0.25, 0.3) is 6.08 Å². The molecule has 0 radical (unpaired) electrons. The molecule has 1 rings (SSSR count). The molecule has 0 N–H and O–H groups in total. The smallest absolute Gasteiger partial charge is 0.0187 e. The highest BCUT2D eigenvalue weighted by atomic mass is 14.2. The zero-order chi connectivity index (χ0) is 12.1. The van der Waals surface area contributed by atoms with Crippen LogP contribution in [0.15, 0.2) is 18.7 Å². The molecule has 16 heavy (non-hydrogen) atoms. The maximum absolute atomic E-state index is 3.90. The molecule has 0 aliphatic rings. The molecule has 88 valence electrons. The fourth-order valence-electron chi connectivity index (χ4n) is 2.31. The molecular formula is C16H24. The van der Waals surface area contributed by atoms with Gasteiger partial charge in [-0.15, -0.1) is 0 Å². The maximum Gasteiger partial charge on any atom is -0.0187 e. The van der Waals surface area contributed by atoms with E-state index in [1.54, 1.807) is 0 Å². The molecule has 0 aromatic heterocycles. The van der Waals surface area contributed by atoms with Crippen LogP contribution in [0.3, 0.4) is 0 Å². The topological polar surface area (TPSA) is 0 Å². The molecule has 1 unspecified atom stereocenters. The summed E-state index contributed by atoms with van der Waals surface area (Å²) in [7, 11) is 0. The van der Waals surface area contributed by atoms with E-state index < -0.39 is 0 Å². The predicted octanol–water partition coefficient (Wildman–Crippen LogP) is 5.24. The molecule has 0 aliphatic carbocycles. The van der Waals surface area contributed by atoms with Gasteiger partial charge in [-0.3, -0.25) is 0 Å². The molecule has 0 amide bonds. The first-order valence-corrected chi connectivity index (χ1v) is 6.33. The van der Waals surface area contributed by atoms with Crippen LogP contribution in [-0.4, -0.2) is 0 Å². The second-order valence-electron chi connectivity index (χ2n) is 4.82. The van der Waals surface area contributed by atoms with Crippen molar-refractivity contribution in [2.45, 2.75) is 52.9 Å². The van der Waals surface area contributed by atoms with Crippen molar-refractivity contribution in [1.29, 1.82) is 0 Å². The molecular weight excluding hydrogens is 192 g/mol. The summed E-state index contributed by atoms with van der Waals surface area (Å²) in [4.78, 5) is 0. The molecule has 1 aromatic rings. The second kappa shape index (κ2) is 5.89. The van der Waals surface area contributed by atoms with Gasteiger partial charge in [-0.1, -0.05) is 57.0 Å². The Morgan fingerprint density at radius 3 is 2.56 bits per heavy atom. The number of rotatable bonds is 5. The van der Waals surface area contributed by atoms with E-state index in [1.807, 2.05) is 6.08 Å². The molecule has 0 heterocycles. The highest BCUT2D eigenvalue weighted by Gasteiger charge is 2.10. The monoisotopic (exact) mass is 216 g/mol. The van der Waals surface area contributed by atoms with E-state index in [-0.39, 0.29) is 0 Å². The van der Waals surface area contributed by atoms with Crippen LogP contribution in [-0.2, 0) is 0 Å². The van der Waals surface area contributed by atoms with E-state index in [0.717, 1.165) is 0 Å². The van der Waals surface area contributed by atoms with Crippen molar-refractivity contribution in [1.82, 2.24) is 0 Å². The molecule has 0 bridgehead atoms. The quantitative estimate of drug-likeness (QED) is 0.631. The summed E-state index contributed by atoms with van der Waals surface area (Å²) in [5.41, 5.74) is 5.55. The largest absolute Gasteiger partial charge is 0.0985 e. The van der Waals surface area contributed by atoms with Gasteiger partial charge < -0.3 is 0 Å². The van der Waals surface area contributed by atoms with E-state index in [9.17, 15) is 0 Å². The fraction of sp³-hybridized carbons (Fsp3) is 0.500. The molecule has 0 fully saturated rings. The third kappa shape index (κ3) is 2.98. The zero-order valence-corrected chi connectivity index (χ0v) is 11.1. The summed E-state index contributed by atoms with van der Waals surface area (Å²) in [5.74, 6) is 0.665. The lowest BCUT2D eigenvalue weighted by molar-refractivity contribution is 0.621. The van der Waals surface area contributed by atoms with Gasteiger partial charge in [-0.25, -0.2) is 0 Å². The lowest BCUT2D eigenvalue weighted by Crippen LogP contribution is -1.99. The Hall–Kier alpha value is -1.04. The summed E-state index contributed by atoms with van der Waals surface area (Å²) in [5, 5.41) is 0. The minimum absolute atomic E-state index is 0.665. The van der Waals surface area contributed by atoms with Gasteiger partial charge in [-0.05, 0) is 42.9 Å². The van der Waals surface area contributed by atoms with E-state index >= 15 is 0 Å². The van der Waals surface area contributed by atoms with Crippen LogP contribution >= 0.6 is 0 Å². The Balaban J connectivity index is 3.02. The van der Waals surface area contributed by atoms with Crippen molar-refractivity contribution in [3.8, 4) is 0 Å². The first-order valence-electron chi connectivity index (χ1n) is 6.33. The Bertz CT molecular complexity index is 361. The molecule has 0 saturated heterocycles. The standard InChI is InChI=1S/C16H24/c1-6-8-9-13(4)16-11-12(3)10-15(7-2)14(16)5/h7,10-11,13H,2,6,8-9H2,1,3-5H3. The Morgan fingerprint density at radius 2 is 2.00 bits per heavy atom. The van der Waals surface area contributed by atoms with Crippen LogP contribution in [0, 0.1) is 13.8 Å². The van der Waals surface area contributed by atoms with Crippen molar-refractivity contribution in [3.63, 3.8) is 0 Å². The molecule has 0 spiro atoms. The first kappa shape index (κ1) is 13.0. The zero-order valence-electron chi connectivity index (χ0n) is 11.1. The summed E-state index contributed by atoms with van der Waals surface area (Å²) in [6.07, 6.45) is 5.86. The highest BCUT2D eigenvalue weighted by Crippen LogP contribution is 2.28. The number of aryl methyl sites for hydroxylation is 1. The van der Waals surface area contributed by atoms with Crippen molar-refractivity contribution < 1.29 is 0 Å². The third-order valence-corrected chi connectivity index (χ3v) is 3.37. The van der Waals surface area contributed by atoms with E-state index in [2.05, 4.69) is 46.4 Å². The predicted molar refractivity (Wildman–Crippen MR) is 73.9 cm³/mol. The number of hydrogen-bond acceptors (Lipinski definition) is 0. The number of benzene rings is 1. The van der Waals surface area contributed by atoms with Crippen LogP contribution in [0.1, 0.15) is 61.3 Å². The van der Waals surface area contributed by atoms with Gasteiger partial charge in [-0.2, -0.15) is 0 Å². The van der Waals surface area contributed by atoms with Gasteiger partial charge in [0.05, 0.1) is 0 Å². The van der Waals surface area contributed by atoms with Crippen LogP contribution in [0.2, 0.25) is 0 Å². The lowest BCUT2D eigenvalue weighted by Gasteiger charge is -2.17. The van der Waals surface area contributed by atoms with E-state index in [4.69, 9.17) is 0 Å². The van der Waals surface area contributed by atoms with E-state index in [1.165, 1.54) is 41.5 Å². The second-order valence-corrected chi connectivity index (χ2v) is 4.82. The van der Waals surface area contributed by atoms with E-state index in [0.29, 0.717) is 5.92 Å². The molecule has 1 aromatic carbocycles. The molecule has 0 nitrogen and oxygen atoms in total. The van der Waals surface area contributed by atoms with Gasteiger partial charge in [0.2, 0.25) is 0 Å². The lowest BCUT2D eigenvalue weighted by atomic mass is 9.88. The van der Waals surface area contributed by atoms with Gasteiger partial charge in [0, 0.05) is 0 Å². The SMILES string of the molecule is C=Cc1cc(C)cc(C(C)CCCC)c1C. The van der Waals surface area contributed by atoms with Crippen molar-refractivity contribution in [2.24, 2.45) is 0 Å². The molecule has 1 atom stereocenters. The Morgan fingerprint density at radius 1 is 1.31 bits per heavy atom. The maximum atomic E-state index is 3.90.